The summed E-state index contributed by atoms with van der Waals surface area (Å²) in [5, 5.41) is 2.07. The number of hydrogen-bond acceptors (Lipinski definition) is 6. The zero-order chi connectivity index (χ0) is 21.5. The third kappa shape index (κ3) is 3.13. The smallest absolute Gasteiger partial charge is 0.411 e. The number of benzene rings is 3. The van der Waals surface area contributed by atoms with Gasteiger partial charge in [-0.05, 0) is 41.0 Å². The molecule has 2 aliphatic rings. The van der Waals surface area contributed by atoms with E-state index in [0.717, 1.165) is 16.3 Å². The van der Waals surface area contributed by atoms with Crippen molar-refractivity contribution in [1.82, 2.24) is 4.90 Å². The molecule has 158 valence electrons. The predicted molar refractivity (Wildman–Crippen MR) is 112 cm³/mol. The fourth-order valence-electron chi connectivity index (χ4n) is 4.36. The highest BCUT2D eigenvalue weighted by Crippen LogP contribution is 2.42. The number of fused-ring (bicyclic) bond motifs is 2. The molecule has 3 unspecified atom stereocenters. The lowest BCUT2D eigenvalue weighted by Gasteiger charge is -2.29. The van der Waals surface area contributed by atoms with E-state index in [2.05, 4.69) is 0 Å². The molecule has 7 heteroatoms. The molecule has 2 heterocycles. The van der Waals surface area contributed by atoms with E-state index >= 15 is 0 Å². The maximum Gasteiger partial charge on any atom is 0.411 e. The zero-order valence-corrected chi connectivity index (χ0v) is 17.1. The Bertz CT molecular complexity index is 1170. The lowest BCUT2D eigenvalue weighted by molar-refractivity contribution is -0.147. The van der Waals surface area contributed by atoms with Crippen molar-refractivity contribution in [3.8, 4) is 11.5 Å². The minimum atomic E-state index is -0.938. The molecule has 3 aromatic rings. The van der Waals surface area contributed by atoms with Crippen LogP contribution in [0.3, 0.4) is 0 Å². The van der Waals surface area contributed by atoms with Gasteiger partial charge in [-0.2, -0.15) is 0 Å². The molecule has 0 aliphatic carbocycles. The molecule has 2 aliphatic heterocycles. The molecule has 0 spiro atoms. The second-order valence-electron chi connectivity index (χ2n) is 7.54. The fraction of sp³-hybridized carbons (Fsp3) is 0.250. The van der Waals surface area contributed by atoms with Crippen LogP contribution in [0, 0.1) is 0 Å². The van der Waals surface area contributed by atoms with Gasteiger partial charge in [0.1, 0.15) is 0 Å². The van der Waals surface area contributed by atoms with Gasteiger partial charge in [-0.3, -0.25) is 4.90 Å². The van der Waals surface area contributed by atoms with Crippen molar-refractivity contribution >= 4 is 22.8 Å². The van der Waals surface area contributed by atoms with Crippen molar-refractivity contribution in [2.24, 2.45) is 0 Å². The molecule has 31 heavy (non-hydrogen) atoms. The van der Waals surface area contributed by atoms with E-state index in [9.17, 15) is 9.59 Å². The number of rotatable bonds is 4. The second kappa shape index (κ2) is 7.50. The Morgan fingerprint density at radius 3 is 2.68 bits per heavy atom. The second-order valence-corrected chi connectivity index (χ2v) is 7.54. The standard InChI is InChI=1S/C24H21NO6/c1-14(17-9-5-7-15-6-3-4-8-18(15)17)25-21(23(26)28-2)22(31-24(25)27)16-10-11-19-20(12-16)30-13-29-19/h3-12,14,21-22H,13H2,1-2H3. The third-order valence-electron chi connectivity index (χ3n) is 5.88. The van der Waals surface area contributed by atoms with Crippen molar-refractivity contribution in [2.45, 2.75) is 25.1 Å². The molecule has 0 aromatic heterocycles. The highest BCUT2D eigenvalue weighted by Gasteiger charge is 2.50. The van der Waals surface area contributed by atoms with E-state index in [0.29, 0.717) is 17.1 Å². The minimum Gasteiger partial charge on any atom is -0.467 e. The minimum absolute atomic E-state index is 0.133. The molecule has 0 bridgehead atoms. The largest absolute Gasteiger partial charge is 0.467 e. The monoisotopic (exact) mass is 419 g/mol. The topological polar surface area (TPSA) is 74.3 Å². The maximum atomic E-state index is 13.0. The molecule has 3 aromatic carbocycles. The number of esters is 1. The first-order valence-corrected chi connectivity index (χ1v) is 10.0. The predicted octanol–water partition coefficient (Wildman–Crippen LogP) is 4.36. The summed E-state index contributed by atoms with van der Waals surface area (Å²) in [6, 6.07) is 17.8. The van der Waals surface area contributed by atoms with Crippen LogP contribution < -0.4 is 9.47 Å². The first-order valence-electron chi connectivity index (χ1n) is 10.0. The average molecular weight is 419 g/mol. The number of carbonyl (C=O) groups is 2. The van der Waals surface area contributed by atoms with Gasteiger partial charge in [0.15, 0.2) is 23.6 Å². The van der Waals surface area contributed by atoms with Crippen LogP contribution in [0.2, 0.25) is 0 Å². The summed E-state index contributed by atoms with van der Waals surface area (Å²) in [7, 11) is 1.31. The molecule has 1 amide bonds. The Labute approximate surface area is 179 Å². The summed E-state index contributed by atoms with van der Waals surface area (Å²) in [5.41, 5.74) is 1.57. The quantitative estimate of drug-likeness (QED) is 0.585. The Morgan fingerprint density at radius 2 is 1.84 bits per heavy atom. The van der Waals surface area contributed by atoms with Crippen LogP contribution in [0.5, 0.6) is 11.5 Å². The van der Waals surface area contributed by atoms with Crippen LogP contribution in [0.25, 0.3) is 10.8 Å². The van der Waals surface area contributed by atoms with Crippen LogP contribution in [0.1, 0.15) is 30.2 Å². The highest BCUT2D eigenvalue weighted by molar-refractivity contribution is 5.89. The van der Waals surface area contributed by atoms with Crippen molar-refractivity contribution in [1.29, 1.82) is 0 Å². The van der Waals surface area contributed by atoms with Crippen molar-refractivity contribution in [2.75, 3.05) is 13.9 Å². The van der Waals surface area contributed by atoms with Crippen LogP contribution in [-0.2, 0) is 14.3 Å². The molecular weight excluding hydrogens is 398 g/mol. The first-order chi connectivity index (χ1) is 15.1. The van der Waals surface area contributed by atoms with Crippen LogP contribution >= 0.6 is 0 Å². The maximum absolute atomic E-state index is 13.0. The lowest BCUT2D eigenvalue weighted by atomic mass is 9.96. The van der Waals surface area contributed by atoms with Gasteiger partial charge in [0, 0.05) is 0 Å². The number of carbonyl (C=O) groups excluding carboxylic acids is 2. The van der Waals surface area contributed by atoms with Crippen LogP contribution in [0.4, 0.5) is 4.79 Å². The summed E-state index contributed by atoms with van der Waals surface area (Å²) in [5.74, 6) is 0.627. The number of hydrogen-bond donors (Lipinski definition) is 0. The van der Waals surface area contributed by atoms with E-state index in [1.165, 1.54) is 12.0 Å². The summed E-state index contributed by atoms with van der Waals surface area (Å²) in [6.07, 6.45) is -1.40. The molecule has 3 atom stereocenters. The summed E-state index contributed by atoms with van der Waals surface area (Å²) >= 11 is 0. The molecular formula is C24H21NO6. The van der Waals surface area contributed by atoms with Gasteiger partial charge in [0.05, 0.1) is 13.2 Å². The molecule has 7 nitrogen and oxygen atoms in total. The SMILES string of the molecule is COC(=O)C1C(c2ccc3c(c2)OCO3)OC(=O)N1C(C)c1cccc2ccccc12. The van der Waals surface area contributed by atoms with Gasteiger partial charge in [-0.15, -0.1) is 0 Å². The fourth-order valence-corrected chi connectivity index (χ4v) is 4.36. The van der Waals surface area contributed by atoms with Gasteiger partial charge >= 0.3 is 12.1 Å². The Balaban J connectivity index is 1.56. The third-order valence-corrected chi connectivity index (χ3v) is 5.88. The lowest BCUT2D eigenvalue weighted by Crippen LogP contribution is -2.42. The molecule has 0 saturated carbocycles. The number of amides is 1. The summed E-state index contributed by atoms with van der Waals surface area (Å²) in [6.45, 7) is 2.02. The Morgan fingerprint density at radius 1 is 1.06 bits per heavy atom. The number of nitrogens with zero attached hydrogens (tertiary/aromatic N) is 1. The van der Waals surface area contributed by atoms with Gasteiger partial charge in [-0.1, -0.05) is 48.5 Å². The van der Waals surface area contributed by atoms with E-state index in [1.807, 2.05) is 49.4 Å². The van der Waals surface area contributed by atoms with Gasteiger partial charge in [0.25, 0.3) is 0 Å². The molecule has 5 rings (SSSR count). The average Bonchev–Trinajstić information content (AvgIpc) is 3.41. The molecule has 0 N–H and O–H groups in total. The van der Waals surface area contributed by atoms with Crippen molar-refractivity contribution in [3.63, 3.8) is 0 Å². The zero-order valence-electron chi connectivity index (χ0n) is 17.1. The normalized spacial score (nSPS) is 20.6. The highest BCUT2D eigenvalue weighted by atomic mass is 16.7. The number of ether oxygens (including phenoxy) is 4. The first kappa shape index (κ1) is 19.2. The van der Waals surface area contributed by atoms with E-state index < -0.39 is 30.3 Å². The van der Waals surface area contributed by atoms with Crippen molar-refractivity contribution < 1.29 is 28.5 Å². The van der Waals surface area contributed by atoms with Gasteiger partial charge in [-0.25, -0.2) is 9.59 Å². The van der Waals surface area contributed by atoms with Gasteiger partial charge in [0.2, 0.25) is 6.79 Å². The van der Waals surface area contributed by atoms with E-state index in [-0.39, 0.29) is 6.79 Å². The van der Waals surface area contributed by atoms with Crippen LogP contribution in [-0.4, -0.2) is 36.9 Å². The molecule has 1 fully saturated rings. The summed E-state index contributed by atoms with van der Waals surface area (Å²) < 4.78 is 21.6. The van der Waals surface area contributed by atoms with Crippen molar-refractivity contribution in [3.05, 3.63) is 71.8 Å². The molecule has 1 saturated heterocycles. The summed E-state index contributed by atoms with van der Waals surface area (Å²) in [4.78, 5) is 27.3. The van der Waals surface area contributed by atoms with E-state index in [4.69, 9.17) is 18.9 Å². The Kier molecular flexibility index (Phi) is 4.66. The van der Waals surface area contributed by atoms with Crippen LogP contribution in [0.15, 0.2) is 60.7 Å². The number of methoxy groups -OCH3 is 1. The molecule has 0 radical (unpaired) electrons. The number of cyclic esters (lactones) is 1. The van der Waals surface area contributed by atoms with Gasteiger partial charge < -0.3 is 18.9 Å². The van der Waals surface area contributed by atoms with E-state index in [1.54, 1.807) is 18.2 Å². The Hall–Kier alpha value is -3.74.